The van der Waals surface area contributed by atoms with E-state index >= 15 is 0 Å². The number of aliphatic hydroxyl groups is 1. The van der Waals surface area contributed by atoms with Crippen LogP contribution in [0.1, 0.15) is 53.9 Å². The summed E-state index contributed by atoms with van der Waals surface area (Å²) in [4.78, 5) is 22.9. The lowest BCUT2D eigenvalue weighted by Crippen LogP contribution is -2.59. The predicted octanol–water partition coefficient (Wildman–Crippen LogP) is 2.32. The average molecular weight is 369 g/mol. The van der Waals surface area contributed by atoms with Crippen molar-refractivity contribution in [2.75, 3.05) is 7.11 Å². The van der Waals surface area contributed by atoms with Gasteiger partial charge in [-0.15, -0.1) is 0 Å². The summed E-state index contributed by atoms with van der Waals surface area (Å²) in [6.07, 6.45) is 1.87. The first-order chi connectivity index (χ1) is 12.0. The quantitative estimate of drug-likeness (QED) is 0.570. The molecular formula is C19H31NO6. The van der Waals surface area contributed by atoms with Crippen molar-refractivity contribution in [2.24, 2.45) is 5.92 Å². The van der Waals surface area contributed by atoms with E-state index in [1.54, 1.807) is 6.92 Å². The minimum atomic E-state index is -1.01. The van der Waals surface area contributed by atoms with E-state index in [4.69, 9.17) is 14.2 Å². The van der Waals surface area contributed by atoms with Gasteiger partial charge in [0.2, 0.25) is 5.91 Å². The topological polar surface area (TPSA) is 97.4 Å². The number of amides is 2. The number of ether oxygens (including phenoxy) is 3. The molecule has 0 aromatic carbocycles. The van der Waals surface area contributed by atoms with Gasteiger partial charge in [-0.2, -0.15) is 0 Å². The van der Waals surface area contributed by atoms with Gasteiger partial charge in [0.25, 0.3) is 0 Å². The molecule has 2 rings (SSSR count). The number of carbonyl (C=O) groups excluding carboxylic acids is 2. The van der Waals surface area contributed by atoms with Crippen LogP contribution in [0.5, 0.6) is 0 Å². The first-order valence-corrected chi connectivity index (χ1v) is 9.06. The smallest absolute Gasteiger partial charge is 0.414 e. The highest BCUT2D eigenvalue weighted by Gasteiger charge is 2.66. The maximum absolute atomic E-state index is 11.8. The van der Waals surface area contributed by atoms with E-state index in [0.29, 0.717) is 12.8 Å². The van der Waals surface area contributed by atoms with E-state index in [2.05, 4.69) is 11.4 Å². The van der Waals surface area contributed by atoms with Crippen molar-refractivity contribution in [3.8, 4) is 0 Å². The Labute approximate surface area is 155 Å². The molecule has 7 nitrogen and oxygen atoms in total. The summed E-state index contributed by atoms with van der Waals surface area (Å²) < 4.78 is 17.0. The minimum Gasteiger partial charge on any atom is -0.443 e. The number of methoxy groups -OCH3 is 1. The Balaban J connectivity index is 2.17. The molecule has 0 aromatic rings. The number of allylic oxidation sites excluding steroid dienone is 1. The van der Waals surface area contributed by atoms with E-state index in [0.717, 1.165) is 6.42 Å². The van der Waals surface area contributed by atoms with Gasteiger partial charge in [-0.25, -0.2) is 4.79 Å². The van der Waals surface area contributed by atoms with Gasteiger partial charge < -0.3 is 19.3 Å². The molecule has 1 saturated heterocycles. The van der Waals surface area contributed by atoms with Gasteiger partial charge in [0, 0.05) is 20.0 Å². The molecule has 1 aliphatic heterocycles. The van der Waals surface area contributed by atoms with Crippen molar-refractivity contribution in [1.29, 1.82) is 0 Å². The monoisotopic (exact) mass is 369 g/mol. The lowest BCUT2D eigenvalue weighted by atomic mass is 9.66. The number of imide groups is 1. The Bertz CT molecular complexity index is 583. The summed E-state index contributed by atoms with van der Waals surface area (Å²) in [6, 6.07) is 0. The molecule has 2 aliphatic rings. The van der Waals surface area contributed by atoms with Crippen molar-refractivity contribution in [2.45, 2.75) is 83.4 Å². The first kappa shape index (κ1) is 20.9. The van der Waals surface area contributed by atoms with Crippen LogP contribution in [0.3, 0.4) is 0 Å². The van der Waals surface area contributed by atoms with E-state index in [1.807, 2.05) is 20.8 Å². The molecule has 6 atom stereocenters. The van der Waals surface area contributed by atoms with Gasteiger partial charge in [-0.1, -0.05) is 11.6 Å². The van der Waals surface area contributed by atoms with Gasteiger partial charge in [0.15, 0.2) is 0 Å². The van der Waals surface area contributed by atoms with Crippen LogP contribution in [0.15, 0.2) is 11.6 Å². The van der Waals surface area contributed by atoms with Crippen molar-refractivity contribution < 1.29 is 28.9 Å². The highest BCUT2D eigenvalue weighted by molar-refractivity contribution is 5.90. The zero-order chi connectivity index (χ0) is 19.7. The molecular weight excluding hydrogens is 338 g/mol. The molecule has 2 amide bonds. The zero-order valence-corrected chi connectivity index (χ0v) is 16.5. The van der Waals surface area contributed by atoms with Crippen molar-refractivity contribution in [3.63, 3.8) is 0 Å². The number of hydrogen-bond donors (Lipinski definition) is 2. The third-order valence-electron chi connectivity index (χ3n) is 5.44. The lowest BCUT2D eigenvalue weighted by molar-refractivity contribution is -0.172. The van der Waals surface area contributed by atoms with Crippen LogP contribution in [-0.4, -0.2) is 53.7 Å². The number of carbonyl (C=O) groups is 2. The SMILES string of the molecule is CO[C@H]1[C@H]([C@@]2(C)O[C@@H]2CC=C(C)C)[C@](C)(O)CC[C@H]1OC(=O)NC(C)=O. The van der Waals surface area contributed by atoms with Crippen LogP contribution in [-0.2, 0) is 19.0 Å². The maximum Gasteiger partial charge on any atom is 0.414 e. The summed E-state index contributed by atoms with van der Waals surface area (Å²) in [5, 5.41) is 13.1. The molecule has 7 heteroatoms. The summed E-state index contributed by atoms with van der Waals surface area (Å²) >= 11 is 0. The predicted molar refractivity (Wildman–Crippen MR) is 95.6 cm³/mol. The van der Waals surface area contributed by atoms with Crippen molar-refractivity contribution >= 4 is 12.0 Å². The Hall–Kier alpha value is -1.44. The molecule has 1 aliphatic carbocycles. The van der Waals surface area contributed by atoms with Crippen LogP contribution < -0.4 is 5.32 Å². The normalized spacial score (nSPS) is 39.0. The van der Waals surface area contributed by atoms with Crippen molar-refractivity contribution in [1.82, 2.24) is 5.32 Å². The third-order valence-corrected chi connectivity index (χ3v) is 5.44. The van der Waals surface area contributed by atoms with Crippen LogP contribution in [0.2, 0.25) is 0 Å². The van der Waals surface area contributed by atoms with Gasteiger partial charge in [0.05, 0.1) is 11.7 Å². The van der Waals surface area contributed by atoms with E-state index in [1.165, 1.54) is 19.6 Å². The van der Waals surface area contributed by atoms with E-state index in [9.17, 15) is 14.7 Å². The van der Waals surface area contributed by atoms with Gasteiger partial charge in [0.1, 0.15) is 17.8 Å². The van der Waals surface area contributed by atoms with E-state index < -0.39 is 35.4 Å². The molecule has 0 radical (unpaired) electrons. The van der Waals surface area contributed by atoms with Gasteiger partial charge in [-0.3, -0.25) is 10.1 Å². The van der Waals surface area contributed by atoms with Gasteiger partial charge in [-0.05, 0) is 47.0 Å². The second-order valence-corrected chi connectivity index (χ2v) is 8.01. The van der Waals surface area contributed by atoms with Crippen LogP contribution in [0.25, 0.3) is 0 Å². The van der Waals surface area contributed by atoms with Crippen LogP contribution in [0, 0.1) is 5.92 Å². The minimum absolute atomic E-state index is 0.0173. The van der Waals surface area contributed by atoms with Crippen LogP contribution >= 0.6 is 0 Å². The molecule has 2 fully saturated rings. The fourth-order valence-electron chi connectivity index (χ4n) is 4.16. The fraction of sp³-hybridized carbons (Fsp3) is 0.789. The van der Waals surface area contributed by atoms with Crippen molar-refractivity contribution in [3.05, 3.63) is 11.6 Å². The molecule has 0 unspecified atom stereocenters. The number of hydrogen-bond acceptors (Lipinski definition) is 6. The molecule has 0 spiro atoms. The Morgan fingerprint density at radius 3 is 2.50 bits per heavy atom. The summed E-state index contributed by atoms with van der Waals surface area (Å²) in [6.45, 7) is 9.06. The molecule has 0 aromatic heterocycles. The zero-order valence-electron chi connectivity index (χ0n) is 16.5. The maximum atomic E-state index is 11.8. The number of alkyl carbamates (subject to hydrolysis) is 1. The fourth-order valence-corrected chi connectivity index (χ4v) is 4.16. The standard InChI is InChI=1S/C19H31NO6/c1-11(2)7-8-14-19(5,26-14)16-15(24-6)13(9-10-18(16,4)23)25-17(22)20-12(3)21/h7,13-16,23H,8-10H2,1-6H3,(H,20,21,22)/t13-,14-,15-,16+,18-,19+/m1/s1. The highest BCUT2D eigenvalue weighted by Crippen LogP contribution is 2.54. The molecule has 148 valence electrons. The molecule has 1 saturated carbocycles. The molecule has 2 N–H and O–H groups in total. The van der Waals surface area contributed by atoms with Crippen LogP contribution in [0.4, 0.5) is 4.79 Å². The molecule has 0 bridgehead atoms. The summed E-state index contributed by atoms with van der Waals surface area (Å²) in [5.74, 6) is -0.845. The number of epoxide rings is 1. The Morgan fingerprint density at radius 1 is 1.31 bits per heavy atom. The second kappa shape index (κ2) is 7.66. The second-order valence-electron chi connectivity index (χ2n) is 8.01. The molecule has 1 heterocycles. The Morgan fingerprint density at radius 2 is 1.96 bits per heavy atom. The molecule has 26 heavy (non-hydrogen) atoms. The third kappa shape index (κ3) is 4.45. The number of rotatable bonds is 5. The highest BCUT2D eigenvalue weighted by atomic mass is 16.6. The number of nitrogens with one attached hydrogen (secondary N) is 1. The van der Waals surface area contributed by atoms with E-state index in [-0.39, 0.29) is 12.0 Å². The largest absolute Gasteiger partial charge is 0.443 e. The summed E-state index contributed by atoms with van der Waals surface area (Å²) in [5.41, 5.74) is -0.356. The summed E-state index contributed by atoms with van der Waals surface area (Å²) in [7, 11) is 1.54. The van der Waals surface area contributed by atoms with Gasteiger partial charge >= 0.3 is 6.09 Å². The lowest BCUT2D eigenvalue weighted by Gasteiger charge is -2.47. The Kier molecular flexibility index (Phi) is 6.15. The first-order valence-electron chi connectivity index (χ1n) is 9.06. The average Bonchev–Trinajstić information content (AvgIpc) is 3.16.